The van der Waals surface area contributed by atoms with Gasteiger partial charge in [-0.2, -0.15) is 5.10 Å². The third kappa shape index (κ3) is 2.78. The summed E-state index contributed by atoms with van der Waals surface area (Å²) in [5.41, 5.74) is 3.50. The van der Waals surface area contributed by atoms with Crippen LogP contribution < -0.4 is 0 Å². The summed E-state index contributed by atoms with van der Waals surface area (Å²) in [5, 5.41) is 6.59. The Morgan fingerprint density at radius 2 is 2.20 bits per heavy atom. The molecule has 0 N–H and O–H groups in total. The summed E-state index contributed by atoms with van der Waals surface area (Å²) < 4.78 is 0. The lowest BCUT2D eigenvalue weighted by Crippen LogP contribution is -2.17. The highest BCUT2D eigenvalue weighted by molar-refractivity contribution is 5.82. The molecule has 15 heavy (non-hydrogen) atoms. The fourth-order valence-electron chi connectivity index (χ4n) is 1.78. The van der Waals surface area contributed by atoms with Gasteiger partial charge < -0.3 is 0 Å². The van der Waals surface area contributed by atoms with Gasteiger partial charge in [0, 0.05) is 43.0 Å². The minimum absolute atomic E-state index is 0.980. The van der Waals surface area contributed by atoms with Gasteiger partial charge in [0.05, 0.1) is 0 Å². The molecule has 0 saturated heterocycles. The number of nitrogens with zero attached hydrogens (tertiary/aromatic N) is 3. The molecule has 0 unspecified atom stereocenters. The highest BCUT2D eigenvalue weighted by atomic mass is 15.5. The van der Waals surface area contributed by atoms with E-state index in [-0.39, 0.29) is 0 Å². The minimum atomic E-state index is 0.980. The zero-order valence-corrected chi connectivity index (χ0v) is 9.40. The van der Waals surface area contributed by atoms with E-state index in [4.69, 9.17) is 0 Å². The predicted octanol–water partition coefficient (Wildman–Crippen LogP) is 2.01. The van der Waals surface area contributed by atoms with Gasteiger partial charge in [-0.25, -0.2) is 0 Å². The maximum atomic E-state index is 4.48. The van der Waals surface area contributed by atoms with Crippen molar-refractivity contribution in [3.8, 4) is 0 Å². The van der Waals surface area contributed by atoms with Crippen molar-refractivity contribution in [2.24, 2.45) is 5.10 Å². The van der Waals surface area contributed by atoms with Crippen molar-refractivity contribution in [2.75, 3.05) is 13.1 Å². The average molecular weight is 203 g/mol. The van der Waals surface area contributed by atoms with E-state index in [1.165, 1.54) is 5.71 Å². The van der Waals surface area contributed by atoms with Crippen molar-refractivity contribution in [3.05, 3.63) is 29.6 Å². The van der Waals surface area contributed by atoms with Crippen LogP contribution in [0.5, 0.6) is 0 Å². The predicted molar refractivity (Wildman–Crippen MR) is 62.0 cm³/mol. The molecular formula is C12H17N3. The maximum absolute atomic E-state index is 4.48. The van der Waals surface area contributed by atoms with Crippen LogP contribution in [0, 0.1) is 6.92 Å². The second-order valence-corrected chi connectivity index (χ2v) is 4.06. The van der Waals surface area contributed by atoms with Crippen molar-refractivity contribution in [3.63, 3.8) is 0 Å². The van der Waals surface area contributed by atoms with Crippen molar-refractivity contribution in [2.45, 2.75) is 26.7 Å². The molecule has 0 bridgehead atoms. The normalized spacial score (nSPS) is 15.6. The van der Waals surface area contributed by atoms with E-state index in [1.54, 1.807) is 0 Å². The quantitative estimate of drug-likeness (QED) is 0.752. The van der Waals surface area contributed by atoms with E-state index >= 15 is 0 Å². The molecule has 2 rings (SSSR count). The van der Waals surface area contributed by atoms with E-state index in [0.29, 0.717) is 0 Å². The second-order valence-electron chi connectivity index (χ2n) is 4.06. The van der Waals surface area contributed by atoms with Crippen LogP contribution in [0.4, 0.5) is 0 Å². The van der Waals surface area contributed by atoms with E-state index in [0.717, 1.165) is 37.3 Å². The summed E-state index contributed by atoms with van der Waals surface area (Å²) in [4.78, 5) is 4.48. The summed E-state index contributed by atoms with van der Waals surface area (Å²) in [5.74, 6) is 0. The highest BCUT2D eigenvalue weighted by Crippen LogP contribution is 2.07. The Morgan fingerprint density at radius 1 is 1.33 bits per heavy atom. The summed E-state index contributed by atoms with van der Waals surface area (Å²) >= 11 is 0. The standard InChI is InChI=1S/C12H17N3/c1-10-4-3-5-12(13-10)7-9-15-8-6-11(2)14-15/h3-5H,6-9H2,1-2H3. The van der Waals surface area contributed by atoms with E-state index in [2.05, 4.69) is 34.2 Å². The van der Waals surface area contributed by atoms with Gasteiger partial charge in [0.15, 0.2) is 0 Å². The van der Waals surface area contributed by atoms with Gasteiger partial charge in [-0.3, -0.25) is 9.99 Å². The van der Waals surface area contributed by atoms with Crippen molar-refractivity contribution in [1.82, 2.24) is 9.99 Å². The summed E-state index contributed by atoms with van der Waals surface area (Å²) in [6.45, 7) is 6.16. The lowest BCUT2D eigenvalue weighted by molar-refractivity contribution is 0.321. The fourth-order valence-corrected chi connectivity index (χ4v) is 1.78. The molecule has 1 aromatic heterocycles. The Kier molecular flexibility index (Phi) is 2.99. The van der Waals surface area contributed by atoms with Crippen LogP contribution in [0.15, 0.2) is 23.3 Å². The molecule has 0 spiro atoms. The molecule has 0 atom stereocenters. The molecule has 0 fully saturated rings. The van der Waals surface area contributed by atoms with E-state index in [9.17, 15) is 0 Å². The first-order valence-electron chi connectivity index (χ1n) is 5.45. The first kappa shape index (κ1) is 10.1. The molecule has 0 aliphatic carbocycles. The Labute approximate surface area is 90.8 Å². The number of pyridine rings is 1. The summed E-state index contributed by atoms with van der Waals surface area (Å²) in [6.07, 6.45) is 2.10. The van der Waals surface area contributed by atoms with Gasteiger partial charge in [0.1, 0.15) is 0 Å². The van der Waals surface area contributed by atoms with Crippen LogP contribution in [-0.4, -0.2) is 28.8 Å². The fraction of sp³-hybridized carbons (Fsp3) is 0.500. The first-order valence-corrected chi connectivity index (χ1v) is 5.45. The lowest BCUT2D eigenvalue weighted by Gasteiger charge is -2.12. The van der Waals surface area contributed by atoms with Crippen LogP contribution in [0.25, 0.3) is 0 Å². The number of rotatable bonds is 3. The molecule has 80 valence electrons. The third-order valence-electron chi connectivity index (χ3n) is 2.62. The molecule has 3 heteroatoms. The number of hydrazone groups is 1. The van der Waals surface area contributed by atoms with Gasteiger partial charge in [-0.05, 0) is 26.0 Å². The average Bonchev–Trinajstić information content (AvgIpc) is 2.62. The lowest BCUT2D eigenvalue weighted by atomic mass is 10.2. The maximum Gasteiger partial charge on any atom is 0.0425 e. The smallest absolute Gasteiger partial charge is 0.0425 e. The van der Waals surface area contributed by atoms with Crippen LogP contribution in [-0.2, 0) is 6.42 Å². The zero-order valence-electron chi connectivity index (χ0n) is 9.40. The van der Waals surface area contributed by atoms with Gasteiger partial charge in [0.25, 0.3) is 0 Å². The summed E-state index contributed by atoms with van der Waals surface area (Å²) in [6, 6.07) is 6.18. The van der Waals surface area contributed by atoms with E-state index in [1.807, 2.05) is 13.0 Å². The number of hydrogen-bond acceptors (Lipinski definition) is 3. The Balaban J connectivity index is 1.88. The Hall–Kier alpha value is -1.38. The third-order valence-corrected chi connectivity index (χ3v) is 2.62. The van der Waals surface area contributed by atoms with Crippen LogP contribution in [0.1, 0.15) is 24.7 Å². The molecule has 1 aliphatic rings. The van der Waals surface area contributed by atoms with Crippen LogP contribution >= 0.6 is 0 Å². The molecule has 0 amide bonds. The Bertz CT molecular complexity index is 371. The number of aryl methyl sites for hydroxylation is 1. The van der Waals surface area contributed by atoms with Crippen molar-refractivity contribution in [1.29, 1.82) is 0 Å². The number of hydrogen-bond donors (Lipinski definition) is 0. The first-order chi connectivity index (χ1) is 7.24. The number of aromatic nitrogens is 1. The Morgan fingerprint density at radius 3 is 2.87 bits per heavy atom. The molecule has 0 aromatic carbocycles. The molecule has 0 saturated carbocycles. The van der Waals surface area contributed by atoms with Gasteiger partial charge >= 0.3 is 0 Å². The highest BCUT2D eigenvalue weighted by Gasteiger charge is 2.10. The molecule has 3 nitrogen and oxygen atoms in total. The monoisotopic (exact) mass is 203 g/mol. The molecule has 1 aliphatic heterocycles. The zero-order chi connectivity index (χ0) is 10.7. The summed E-state index contributed by atoms with van der Waals surface area (Å²) in [7, 11) is 0. The van der Waals surface area contributed by atoms with Crippen LogP contribution in [0.3, 0.4) is 0 Å². The molecular weight excluding hydrogens is 186 g/mol. The van der Waals surface area contributed by atoms with Crippen molar-refractivity contribution >= 4 is 5.71 Å². The van der Waals surface area contributed by atoms with Crippen LogP contribution in [0.2, 0.25) is 0 Å². The molecule has 0 radical (unpaired) electrons. The largest absolute Gasteiger partial charge is 0.296 e. The van der Waals surface area contributed by atoms with Gasteiger partial charge in [-0.1, -0.05) is 6.07 Å². The SMILES string of the molecule is CC1=NN(CCc2cccc(C)n2)CC1. The molecule has 2 heterocycles. The van der Waals surface area contributed by atoms with Gasteiger partial charge in [-0.15, -0.1) is 0 Å². The minimum Gasteiger partial charge on any atom is -0.296 e. The van der Waals surface area contributed by atoms with Crippen molar-refractivity contribution < 1.29 is 0 Å². The topological polar surface area (TPSA) is 28.5 Å². The van der Waals surface area contributed by atoms with Gasteiger partial charge in [0.2, 0.25) is 0 Å². The molecule has 1 aromatic rings. The van der Waals surface area contributed by atoms with E-state index < -0.39 is 0 Å². The second kappa shape index (κ2) is 4.43.